The second kappa shape index (κ2) is 8.06. The number of amides is 2. The number of urea groups is 1. The first-order valence-corrected chi connectivity index (χ1v) is 9.98. The van der Waals surface area contributed by atoms with E-state index in [4.69, 9.17) is 0 Å². The lowest BCUT2D eigenvalue weighted by molar-refractivity contribution is -0.0591. The van der Waals surface area contributed by atoms with E-state index in [1.165, 1.54) is 5.56 Å². The Bertz CT molecular complexity index is 593. The zero-order valence-corrected chi connectivity index (χ0v) is 16.6. The van der Waals surface area contributed by atoms with E-state index in [1.807, 2.05) is 18.7 Å². The third-order valence-electron chi connectivity index (χ3n) is 5.32. The monoisotopic (exact) mass is 409 g/mol. The Labute approximate surface area is 158 Å². The first kappa shape index (κ1) is 18.7. The lowest BCUT2D eigenvalue weighted by Crippen LogP contribution is -2.68. The van der Waals surface area contributed by atoms with Crippen molar-refractivity contribution in [2.24, 2.45) is 0 Å². The van der Waals surface area contributed by atoms with Gasteiger partial charge in [-0.15, -0.1) is 0 Å². The third-order valence-corrected chi connectivity index (χ3v) is 5.85. The van der Waals surface area contributed by atoms with Crippen molar-refractivity contribution in [2.75, 3.05) is 26.2 Å². The molecule has 1 aromatic carbocycles. The van der Waals surface area contributed by atoms with Crippen molar-refractivity contribution in [3.63, 3.8) is 0 Å². The Hall–Kier alpha value is -1.11. The molecule has 2 N–H and O–H groups in total. The maximum Gasteiger partial charge on any atom is 0.317 e. The third kappa shape index (κ3) is 4.01. The molecule has 2 amide bonds. The Morgan fingerprint density at radius 3 is 2.60 bits per heavy atom. The van der Waals surface area contributed by atoms with Gasteiger partial charge in [-0.05, 0) is 50.9 Å². The molecule has 6 heteroatoms. The molecule has 2 saturated heterocycles. The van der Waals surface area contributed by atoms with Gasteiger partial charge in [-0.3, -0.25) is 4.90 Å². The molecule has 0 aliphatic carbocycles. The summed E-state index contributed by atoms with van der Waals surface area (Å²) in [5.74, 6) is 0.269. The highest BCUT2D eigenvalue weighted by Gasteiger charge is 2.49. The van der Waals surface area contributed by atoms with Crippen LogP contribution in [0.25, 0.3) is 0 Å². The summed E-state index contributed by atoms with van der Waals surface area (Å²) in [7, 11) is 0. The highest BCUT2D eigenvalue weighted by atomic mass is 79.9. The number of nitrogens with zero attached hydrogens (tertiary/aromatic N) is 2. The van der Waals surface area contributed by atoms with E-state index in [0.717, 1.165) is 36.9 Å². The van der Waals surface area contributed by atoms with Crippen LogP contribution in [0.1, 0.15) is 38.2 Å². The molecule has 3 rings (SSSR count). The van der Waals surface area contributed by atoms with Crippen molar-refractivity contribution in [1.82, 2.24) is 15.1 Å². The number of hydrogen-bond donors (Lipinski definition) is 2. The summed E-state index contributed by atoms with van der Waals surface area (Å²) in [5, 5.41) is 12.9. The molecule has 25 heavy (non-hydrogen) atoms. The molecule has 2 aliphatic rings. The van der Waals surface area contributed by atoms with E-state index < -0.39 is 0 Å². The van der Waals surface area contributed by atoms with Crippen LogP contribution < -0.4 is 5.32 Å². The molecule has 0 spiro atoms. The summed E-state index contributed by atoms with van der Waals surface area (Å²) >= 11 is 3.49. The van der Waals surface area contributed by atoms with Gasteiger partial charge in [0, 0.05) is 41.6 Å². The van der Waals surface area contributed by atoms with Crippen LogP contribution in [0, 0.1) is 0 Å². The van der Waals surface area contributed by atoms with Gasteiger partial charge >= 0.3 is 6.03 Å². The molecule has 138 valence electrons. The highest BCUT2D eigenvalue weighted by molar-refractivity contribution is 9.10. The number of carbonyl (C=O) groups is 1. The van der Waals surface area contributed by atoms with E-state index in [2.05, 4.69) is 50.4 Å². The van der Waals surface area contributed by atoms with E-state index >= 15 is 0 Å². The van der Waals surface area contributed by atoms with Crippen molar-refractivity contribution in [3.8, 4) is 0 Å². The summed E-state index contributed by atoms with van der Waals surface area (Å²) in [5.41, 5.74) is 1.24. The minimum absolute atomic E-state index is 0.0267. The van der Waals surface area contributed by atoms with Gasteiger partial charge < -0.3 is 15.3 Å². The average Bonchev–Trinajstić information content (AvgIpc) is 2.54. The molecule has 0 radical (unpaired) electrons. The Balaban J connectivity index is 1.80. The van der Waals surface area contributed by atoms with Gasteiger partial charge in [0.2, 0.25) is 0 Å². The van der Waals surface area contributed by atoms with Crippen molar-refractivity contribution in [2.45, 2.75) is 50.7 Å². The molecule has 3 atom stereocenters. The fourth-order valence-corrected chi connectivity index (χ4v) is 4.41. The number of nitrogens with one attached hydrogen (secondary N) is 1. The lowest BCUT2D eigenvalue weighted by Gasteiger charge is -2.57. The summed E-state index contributed by atoms with van der Waals surface area (Å²) in [6.07, 6.45) is 2.07. The van der Waals surface area contributed by atoms with Gasteiger partial charge in [-0.2, -0.15) is 0 Å². The molecule has 1 aromatic rings. The number of rotatable bonds is 3. The second-order valence-electron chi connectivity index (χ2n) is 7.39. The highest BCUT2D eigenvalue weighted by Crippen LogP contribution is 2.42. The zero-order chi connectivity index (χ0) is 18.0. The fourth-order valence-electron chi connectivity index (χ4n) is 4.15. The van der Waals surface area contributed by atoms with Gasteiger partial charge in [-0.1, -0.05) is 28.1 Å². The average molecular weight is 410 g/mol. The predicted octanol–water partition coefficient (Wildman–Crippen LogP) is 2.79. The Morgan fingerprint density at radius 1 is 1.28 bits per heavy atom. The molecule has 0 aromatic heterocycles. The van der Waals surface area contributed by atoms with Gasteiger partial charge in [0.1, 0.15) is 0 Å². The van der Waals surface area contributed by atoms with Crippen molar-refractivity contribution < 1.29 is 9.90 Å². The van der Waals surface area contributed by atoms with Crippen LogP contribution in [0.15, 0.2) is 28.7 Å². The van der Waals surface area contributed by atoms with Gasteiger partial charge in [0.15, 0.2) is 0 Å². The maximum atomic E-state index is 12.5. The van der Waals surface area contributed by atoms with E-state index in [-0.39, 0.29) is 36.7 Å². The number of fused-ring (bicyclic) bond motifs is 1. The van der Waals surface area contributed by atoms with Crippen molar-refractivity contribution in [3.05, 3.63) is 34.3 Å². The van der Waals surface area contributed by atoms with E-state index in [1.54, 1.807) is 0 Å². The standard InChI is InChI=1S/C19H28BrN3O2/c1-13(2)21-19(25)22-9-3-4-10-23-16(11-22)18(17(23)12-24)14-5-7-15(20)8-6-14/h5-8,13,16-18,24H,3-4,9-12H2,1-2H3,(H,21,25)/t16-,17-,18+/m0/s1. The largest absolute Gasteiger partial charge is 0.395 e. The minimum atomic E-state index is 0.0267. The predicted molar refractivity (Wildman–Crippen MR) is 103 cm³/mol. The summed E-state index contributed by atoms with van der Waals surface area (Å²) in [6.45, 7) is 6.67. The number of aliphatic hydroxyl groups is 1. The molecular formula is C19H28BrN3O2. The number of halogens is 1. The Morgan fingerprint density at radius 2 is 1.96 bits per heavy atom. The minimum Gasteiger partial charge on any atom is -0.395 e. The number of carbonyl (C=O) groups excluding carboxylic acids is 1. The van der Waals surface area contributed by atoms with E-state index in [9.17, 15) is 9.90 Å². The molecule has 2 heterocycles. The maximum absolute atomic E-state index is 12.5. The summed E-state index contributed by atoms with van der Waals surface area (Å²) in [6, 6.07) is 8.97. The normalized spacial score (nSPS) is 27.2. The molecule has 2 fully saturated rings. The SMILES string of the molecule is CC(C)NC(=O)N1CCCCN2[C@@H](CO)[C@H](c3ccc(Br)cc3)[C@@H]2C1. The van der Waals surface area contributed by atoms with Gasteiger partial charge in [0.05, 0.1) is 6.61 Å². The van der Waals surface area contributed by atoms with Crippen molar-refractivity contribution in [1.29, 1.82) is 0 Å². The van der Waals surface area contributed by atoms with Crippen LogP contribution in [-0.4, -0.2) is 65.3 Å². The van der Waals surface area contributed by atoms with Gasteiger partial charge in [-0.25, -0.2) is 4.79 Å². The molecule has 2 aliphatic heterocycles. The topological polar surface area (TPSA) is 55.8 Å². The molecule has 0 saturated carbocycles. The fraction of sp³-hybridized carbons (Fsp3) is 0.632. The summed E-state index contributed by atoms with van der Waals surface area (Å²) in [4.78, 5) is 16.9. The van der Waals surface area contributed by atoms with E-state index in [0.29, 0.717) is 0 Å². The second-order valence-corrected chi connectivity index (χ2v) is 8.31. The van der Waals surface area contributed by atoms with Crippen LogP contribution in [0.2, 0.25) is 0 Å². The quantitative estimate of drug-likeness (QED) is 0.806. The summed E-state index contributed by atoms with van der Waals surface area (Å²) < 4.78 is 1.06. The van der Waals surface area contributed by atoms with Crippen LogP contribution >= 0.6 is 15.9 Å². The molecule has 0 unspecified atom stereocenters. The first-order chi connectivity index (χ1) is 12.0. The number of hydrogen-bond acceptors (Lipinski definition) is 3. The van der Waals surface area contributed by atoms with Gasteiger partial charge in [0.25, 0.3) is 0 Å². The molecule has 0 bridgehead atoms. The van der Waals surface area contributed by atoms with Crippen LogP contribution in [0.5, 0.6) is 0 Å². The Kier molecular flexibility index (Phi) is 6.02. The zero-order valence-electron chi connectivity index (χ0n) is 15.0. The first-order valence-electron chi connectivity index (χ1n) is 9.18. The smallest absolute Gasteiger partial charge is 0.317 e. The lowest BCUT2D eigenvalue weighted by atomic mass is 9.74. The van der Waals surface area contributed by atoms with Crippen molar-refractivity contribution >= 4 is 22.0 Å². The number of aliphatic hydroxyl groups excluding tert-OH is 1. The van der Waals surface area contributed by atoms with Crippen LogP contribution in [0.4, 0.5) is 4.79 Å². The molecular weight excluding hydrogens is 382 g/mol. The molecule has 5 nitrogen and oxygen atoms in total. The van der Waals surface area contributed by atoms with Crippen LogP contribution in [-0.2, 0) is 0 Å². The van der Waals surface area contributed by atoms with Crippen LogP contribution in [0.3, 0.4) is 0 Å². The number of benzene rings is 1.